The lowest BCUT2D eigenvalue weighted by Gasteiger charge is -2.36. The summed E-state index contributed by atoms with van der Waals surface area (Å²) in [5.41, 5.74) is 0.611. The molecule has 0 saturated carbocycles. The van der Waals surface area contributed by atoms with E-state index < -0.39 is 10.3 Å². The van der Waals surface area contributed by atoms with E-state index in [0.717, 1.165) is 0 Å². The van der Waals surface area contributed by atoms with Crippen LogP contribution in [-0.2, 0) is 14.9 Å². The Morgan fingerprint density at radius 3 is 2.50 bits per heavy atom. The summed E-state index contributed by atoms with van der Waals surface area (Å²) in [7, 11) is 1.47. The van der Waals surface area contributed by atoms with Crippen LogP contribution in [0.3, 0.4) is 0 Å². The number of nitro groups is 1. The molecule has 0 atom stereocenters. The fourth-order valence-electron chi connectivity index (χ4n) is 3.39. The number of non-ortho nitro benzene ring substituents is 1. The molecule has 2 aromatic rings. The zero-order valence-corrected chi connectivity index (χ0v) is 15.3. The van der Waals surface area contributed by atoms with Crippen molar-refractivity contribution in [1.82, 2.24) is 0 Å². The molecule has 1 heterocycles. The van der Waals surface area contributed by atoms with Crippen molar-refractivity contribution in [2.24, 2.45) is 0 Å². The fourth-order valence-corrected chi connectivity index (χ4v) is 3.39. The molecule has 144 valence electrons. The Labute approximate surface area is 161 Å². The van der Waals surface area contributed by atoms with Gasteiger partial charge in [-0.2, -0.15) is 5.26 Å². The van der Waals surface area contributed by atoms with Crippen molar-refractivity contribution in [3.05, 3.63) is 63.7 Å². The number of hydrogen-bond donors (Lipinski definition) is 1. The first-order valence-corrected chi connectivity index (χ1v) is 8.72. The summed E-state index contributed by atoms with van der Waals surface area (Å²) in [6.45, 7) is 0.826. The molecular formula is C20H19N3O5. The van der Waals surface area contributed by atoms with Gasteiger partial charge in [-0.25, -0.2) is 0 Å². The molecule has 0 radical (unpaired) electrons. The molecule has 1 saturated heterocycles. The largest absolute Gasteiger partial charge is 0.495 e. The van der Waals surface area contributed by atoms with E-state index in [1.807, 2.05) is 6.07 Å². The molecule has 0 aromatic heterocycles. The van der Waals surface area contributed by atoms with Crippen LogP contribution in [0.25, 0.3) is 0 Å². The van der Waals surface area contributed by atoms with Gasteiger partial charge in [0.15, 0.2) is 0 Å². The number of nitrogens with one attached hydrogen (secondary N) is 1. The van der Waals surface area contributed by atoms with E-state index in [2.05, 4.69) is 5.32 Å². The predicted octanol–water partition coefficient (Wildman–Crippen LogP) is 3.16. The lowest BCUT2D eigenvalue weighted by atomic mass is 9.73. The molecule has 3 rings (SSSR count). The molecule has 8 heteroatoms. The van der Waals surface area contributed by atoms with Crippen LogP contribution < -0.4 is 10.1 Å². The molecule has 2 aromatic carbocycles. The van der Waals surface area contributed by atoms with Crippen LogP contribution >= 0.6 is 0 Å². The quantitative estimate of drug-likeness (QED) is 0.628. The Bertz CT molecular complexity index is 928. The number of anilines is 1. The van der Waals surface area contributed by atoms with Crippen LogP contribution in [0.2, 0.25) is 0 Å². The summed E-state index contributed by atoms with van der Waals surface area (Å²) in [5, 5.41) is 23.0. The van der Waals surface area contributed by atoms with Gasteiger partial charge in [0, 0.05) is 31.0 Å². The maximum atomic E-state index is 13.2. The minimum atomic E-state index is -0.861. The maximum Gasteiger partial charge on any atom is 0.269 e. The van der Waals surface area contributed by atoms with E-state index in [1.165, 1.54) is 19.2 Å². The standard InChI is InChI=1S/C20H19N3O5/c1-27-18-7-4-16(12-14(18)13-21)22-19(24)20(8-10-28-11-9-20)15-2-5-17(6-3-15)23(25)26/h2-7,12H,8-11H2,1H3,(H,22,24). The van der Waals surface area contributed by atoms with Crippen LogP contribution in [0.1, 0.15) is 24.0 Å². The Balaban J connectivity index is 1.92. The second kappa shape index (κ2) is 8.06. The summed E-state index contributed by atoms with van der Waals surface area (Å²) in [6, 6.07) is 12.9. The smallest absolute Gasteiger partial charge is 0.269 e. The number of rotatable bonds is 5. The molecule has 1 N–H and O–H groups in total. The van der Waals surface area contributed by atoms with Crippen molar-refractivity contribution >= 4 is 17.3 Å². The van der Waals surface area contributed by atoms with Crippen LogP contribution in [0.15, 0.2) is 42.5 Å². The van der Waals surface area contributed by atoms with E-state index in [1.54, 1.807) is 30.3 Å². The molecule has 1 aliphatic heterocycles. The predicted molar refractivity (Wildman–Crippen MR) is 101 cm³/mol. The van der Waals surface area contributed by atoms with E-state index in [0.29, 0.717) is 48.6 Å². The van der Waals surface area contributed by atoms with Crippen molar-refractivity contribution in [3.8, 4) is 11.8 Å². The summed E-state index contributed by atoms with van der Waals surface area (Å²) in [6.07, 6.45) is 0.913. The molecule has 1 amide bonds. The van der Waals surface area contributed by atoms with Crippen molar-refractivity contribution in [3.63, 3.8) is 0 Å². The van der Waals surface area contributed by atoms with Gasteiger partial charge in [0.1, 0.15) is 11.8 Å². The topological polar surface area (TPSA) is 114 Å². The van der Waals surface area contributed by atoms with Crippen LogP contribution in [0.5, 0.6) is 5.75 Å². The van der Waals surface area contributed by atoms with Gasteiger partial charge in [0.25, 0.3) is 5.69 Å². The van der Waals surface area contributed by atoms with Gasteiger partial charge >= 0.3 is 0 Å². The van der Waals surface area contributed by atoms with E-state index >= 15 is 0 Å². The highest BCUT2D eigenvalue weighted by Crippen LogP contribution is 2.37. The number of carbonyl (C=O) groups excluding carboxylic acids is 1. The van der Waals surface area contributed by atoms with E-state index in [9.17, 15) is 20.2 Å². The highest BCUT2D eigenvalue weighted by Gasteiger charge is 2.42. The van der Waals surface area contributed by atoms with Crippen molar-refractivity contribution in [1.29, 1.82) is 5.26 Å². The number of ether oxygens (including phenoxy) is 2. The van der Waals surface area contributed by atoms with E-state index in [-0.39, 0.29) is 11.6 Å². The number of amides is 1. The van der Waals surface area contributed by atoms with Gasteiger partial charge in [-0.1, -0.05) is 12.1 Å². The third-order valence-corrected chi connectivity index (χ3v) is 4.99. The first kappa shape index (κ1) is 19.3. The monoisotopic (exact) mass is 381 g/mol. The second-order valence-corrected chi connectivity index (χ2v) is 6.48. The number of nitriles is 1. The molecule has 0 bridgehead atoms. The van der Waals surface area contributed by atoms with Gasteiger partial charge in [-0.3, -0.25) is 14.9 Å². The van der Waals surface area contributed by atoms with Crippen LogP contribution in [0, 0.1) is 21.4 Å². The van der Waals surface area contributed by atoms with Gasteiger partial charge in [0.05, 0.1) is 23.0 Å². The Hall–Kier alpha value is -3.44. The highest BCUT2D eigenvalue weighted by molar-refractivity contribution is 5.99. The Morgan fingerprint density at radius 2 is 1.93 bits per heavy atom. The molecule has 0 spiro atoms. The molecule has 0 aliphatic carbocycles. The molecule has 1 fully saturated rings. The number of nitro benzene ring substituents is 1. The molecule has 1 aliphatic rings. The minimum Gasteiger partial charge on any atom is -0.495 e. The summed E-state index contributed by atoms with van der Waals surface area (Å²) in [5.74, 6) is 0.190. The first-order chi connectivity index (χ1) is 13.5. The van der Waals surface area contributed by atoms with Gasteiger partial charge in [-0.05, 0) is 36.6 Å². The van der Waals surface area contributed by atoms with Gasteiger partial charge in [-0.15, -0.1) is 0 Å². The second-order valence-electron chi connectivity index (χ2n) is 6.48. The molecular weight excluding hydrogens is 362 g/mol. The number of methoxy groups -OCH3 is 1. The number of carbonyl (C=O) groups is 1. The van der Waals surface area contributed by atoms with Gasteiger partial charge < -0.3 is 14.8 Å². The third kappa shape index (κ3) is 3.66. The van der Waals surface area contributed by atoms with Crippen molar-refractivity contribution in [2.45, 2.75) is 18.3 Å². The average molecular weight is 381 g/mol. The Kier molecular flexibility index (Phi) is 5.57. The molecule has 8 nitrogen and oxygen atoms in total. The summed E-state index contributed by atoms with van der Waals surface area (Å²) >= 11 is 0. The lowest BCUT2D eigenvalue weighted by molar-refractivity contribution is -0.384. The number of hydrogen-bond acceptors (Lipinski definition) is 6. The van der Waals surface area contributed by atoms with Gasteiger partial charge in [0.2, 0.25) is 5.91 Å². The van der Waals surface area contributed by atoms with Crippen LogP contribution in [0.4, 0.5) is 11.4 Å². The normalized spacial score (nSPS) is 15.3. The van der Waals surface area contributed by atoms with Crippen LogP contribution in [-0.4, -0.2) is 31.2 Å². The summed E-state index contributed by atoms with van der Waals surface area (Å²) in [4.78, 5) is 23.7. The highest BCUT2D eigenvalue weighted by atomic mass is 16.6. The first-order valence-electron chi connectivity index (χ1n) is 8.72. The molecule has 0 unspecified atom stereocenters. The van der Waals surface area contributed by atoms with E-state index in [4.69, 9.17) is 9.47 Å². The number of nitrogens with zero attached hydrogens (tertiary/aromatic N) is 2. The third-order valence-electron chi connectivity index (χ3n) is 4.99. The number of benzene rings is 2. The Morgan fingerprint density at radius 1 is 1.25 bits per heavy atom. The maximum absolute atomic E-state index is 13.2. The SMILES string of the molecule is COc1ccc(NC(=O)C2(c3ccc([N+](=O)[O-])cc3)CCOCC2)cc1C#N. The summed E-state index contributed by atoms with van der Waals surface area (Å²) < 4.78 is 10.6. The lowest BCUT2D eigenvalue weighted by Crippen LogP contribution is -2.44. The fraction of sp³-hybridized carbons (Fsp3) is 0.300. The average Bonchev–Trinajstić information content (AvgIpc) is 2.74. The van der Waals surface area contributed by atoms with Crippen molar-refractivity contribution in [2.75, 3.05) is 25.6 Å². The zero-order chi connectivity index (χ0) is 20.1. The zero-order valence-electron chi connectivity index (χ0n) is 15.3. The minimum absolute atomic E-state index is 0.0276. The molecule has 28 heavy (non-hydrogen) atoms. The van der Waals surface area contributed by atoms with Crippen molar-refractivity contribution < 1.29 is 19.2 Å².